The van der Waals surface area contributed by atoms with E-state index in [1.54, 1.807) is 30.5 Å². The topological polar surface area (TPSA) is 83.8 Å². The van der Waals surface area contributed by atoms with Gasteiger partial charge in [0.2, 0.25) is 5.95 Å². The summed E-state index contributed by atoms with van der Waals surface area (Å²) in [5, 5.41) is 2.65. The molecule has 16 heavy (non-hydrogen) atoms. The summed E-state index contributed by atoms with van der Waals surface area (Å²) in [6.07, 6.45) is 1.65. The largest absolute Gasteiger partial charge is 0.399 e. The predicted octanol–water partition coefficient (Wildman–Crippen LogP) is 1.55. The van der Waals surface area contributed by atoms with Crippen LogP contribution >= 0.6 is 0 Å². The molecule has 1 aromatic heterocycles. The van der Waals surface area contributed by atoms with Gasteiger partial charge >= 0.3 is 0 Å². The molecular formula is C11H12N4O. The van der Waals surface area contributed by atoms with E-state index in [2.05, 4.69) is 15.3 Å². The molecule has 0 atom stereocenters. The summed E-state index contributed by atoms with van der Waals surface area (Å²) in [7, 11) is 0. The predicted molar refractivity (Wildman–Crippen MR) is 62.1 cm³/mol. The van der Waals surface area contributed by atoms with Crippen LogP contribution in [0.25, 0.3) is 0 Å². The summed E-state index contributed by atoms with van der Waals surface area (Å²) in [6.45, 7) is 1.86. The minimum absolute atomic E-state index is 0.235. The average Bonchev–Trinajstić information content (AvgIpc) is 2.64. The molecule has 0 spiro atoms. The first-order valence-corrected chi connectivity index (χ1v) is 4.83. The maximum atomic E-state index is 11.7. The third kappa shape index (κ3) is 2.20. The summed E-state index contributed by atoms with van der Waals surface area (Å²) < 4.78 is 0. The lowest BCUT2D eigenvalue weighted by molar-refractivity contribution is 0.102. The molecule has 0 saturated carbocycles. The van der Waals surface area contributed by atoms with Crippen LogP contribution in [0.5, 0.6) is 0 Å². The molecule has 0 aliphatic carbocycles. The van der Waals surface area contributed by atoms with Gasteiger partial charge < -0.3 is 10.7 Å². The molecule has 0 unspecified atom stereocenters. The monoisotopic (exact) mass is 216 g/mol. The zero-order chi connectivity index (χ0) is 11.5. The molecule has 4 N–H and O–H groups in total. The molecule has 0 bridgehead atoms. The number of hydrogen-bond donors (Lipinski definition) is 3. The van der Waals surface area contributed by atoms with E-state index in [-0.39, 0.29) is 5.91 Å². The maximum Gasteiger partial charge on any atom is 0.258 e. The van der Waals surface area contributed by atoms with Gasteiger partial charge in [0.25, 0.3) is 5.91 Å². The fourth-order valence-corrected chi connectivity index (χ4v) is 1.34. The highest BCUT2D eigenvalue weighted by molar-refractivity contribution is 6.03. The second-order valence-corrected chi connectivity index (χ2v) is 3.49. The van der Waals surface area contributed by atoms with E-state index in [4.69, 9.17) is 5.73 Å². The SMILES string of the molecule is Cc1cnc(NC(=O)c2cccc(N)c2)[nH]1. The van der Waals surface area contributed by atoms with Crippen LogP contribution < -0.4 is 11.1 Å². The molecule has 82 valence electrons. The lowest BCUT2D eigenvalue weighted by Gasteiger charge is -2.02. The number of aromatic amines is 1. The molecule has 2 rings (SSSR count). The van der Waals surface area contributed by atoms with Gasteiger partial charge in [0, 0.05) is 23.1 Å². The van der Waals surface area contributed by atoms with E-state index in [9.17, 15) is 4.79 Å². The lowest BCUT2D eigenvalue weighted by atomic mass is 10.2. The standard InChI is InChI=1S/C11H12N4O/c1-7-6-13-11(14-7)15-10(16)8-3-2-4-9(12)5-8/h2-6H,12H2,1H3,(H2,13,14,15,16). The van der Waals surface area contributed by atoms with Crippen LogP contribution in [0.3, 0.4) is 0 Å². The maximum absolute atomic E-state index is 11.7. The highest BCUT2D eigenvalue weighted by Gasteiger charge is 2.07. The Hall–Kier alpha value is -2.30. The minimum atomic E-state index is -0.235. The summed E-state index contributed by atoms with van der Waals surface area (Å²) >= 11 is 0. The number of nitrogens with one attached hydrogen (secondary N) is 2. The van der Waals surface area contributed by atoms with Crippen molar-refractivity contribution in [2.75, 3.05) is 11.1 Å². The van der Waals surface area contributed by atoms with E-state index in [1.807, 2.05) is 6.92 Å². The van der Waals surface area contributed by atoms with Crippen LogP contribution in [0.2, 0.25) is 0 Å². The number of carbonyl (C=O) groups excluding carboxylic acids is 1. The van der Waals surface area contributed by atoms with Crippen LogP contribution in [-0.2, 0) is 0 Å². The zero-order valence-electron chi connectivity index (χ0n) is 8.82. The van der Waals surface area contributed by atoms with Crippen molar-refractivity contribution in [3.63, 3.8) is 0 Å². The molecular weight excluding hydrogens is 204 g/mol. The number of H-pyrrole nitrogens is 1. The van der Waals surface area contributed by atoms with E-state index < -0.39 is 0 Å². The Morgan fingerprint density at radius 2 is 2.31 bits per heavy atom. The number of amides is 1. The summed E-state index contributed by atoms with van der Waals surface area (Å²) in [5.41, 5.74) is 7.55. The Balaban J connectivity index is 2.14. The van der Waals surface area contributed by atoms with E-state index in [0.717, 1.165) is 5.69 Å². The summed E-state index contributed by atoms with van der Waals surface area (Å²) in [4.78, 5) is 18.7. The molecule has 0 aliphatic heterocycles. The second kappa shape index (κ2) is 4.06. The first kappa shape index (κ1) is 10.2. The van der Waals surface area contributed by atoms with Crippen LogP contribution in [0, 0.1) is 6.92 Å². The van der Waals surface area contributed by atoms with Crippen molar-refractivity contribution < 1.29 is 4.79 Å². The van der Waals surface area contributed by atoms with E-state index in [0.29, 0.717) is 17.2 Å². The Morgan fingerprint density at radius 1 is 1.50 bits per heavy atom. The van der Waals surface area contributed by atoms with Gasteiger partial charge in [-0.2, -0.15) is 0 Å². The third-order valence-electron chi connectivity index (χ3n) is 2.08. The molecule has 0 saturated heterocycles. The zero-order valence-corrected chi connectivity index (χ0v) is 8.82. The molecule has 0 aliphatic rings. The van der Waals surface area contributed by atoms with Gasteiger partial charge in [-0.05, 0) is 25.1 Å². The van der Waals surface area contributed by atoms with E-state index >= 15 is 0 Å². The van der Waals surface area contributed by atoms with Crippen LogP contribution in [0.1, 0.15) is 16.1 Å². The van der Waals surface area contributed by atoms with Gasteiger partial charge in [-0.15, -0.1) is 0 Å². The highest BCUT2D eigenvalue weighted by atomic mass is 16.1. The number of nitrogens with zero attached hydrogens (tertiary/aromatic N) is 1. The van der Waals surface area contributed by atoms with Gasteiger partial charge in [0.05, 0.1) is 0 Å². The van der Waals surface area contributed by atoms with Crippen molar-refractivity contribution in [2.24, 2.45) is 0 Å². The number of benzene rings is 1. The number of anilines is 2. The fraction of sp³-hybridized carbons (Fsp3) is 0.0909. The minimum Gasteiger partial charge on any atom is -0.399 e. The first-order chi connectivity index (χ1) is 7.65. The first-order valence-electron chi connectivity index (χ1n) is 4.83. The Labute approximate surface area is 92.7 Å². The third-order valence-corrected chi connectivity index (χ3v) is 2.08. The molecule has 1 heterocycles. The van der Waals surface area contributed by atoms with Crippen molar-refractivity contribution in [1.29, 1.82) is 0 Å². The number of rotatable bonds is 2. The number of aromatic nitrogens is 2. The number of imidazole rings is 1. The molecule has 1 amide bonds. The number of hydrogen-bond acceptors (Lipinski definition) is 3. The number of carbonyl (C=O) groups is 1. The van der Waals surface area contributed by atoms with Gasteiger partial charge in [0.15, 0.2) is 0 Å². The Kier molecular flexibility index (Phi) is 2.59. The van der Waals surface area contributed by atoms with Gasteiger partial charge in [-0.1, -0.05) is 6.07 Å². The highest BCUT2D eigenvalue weighted by Crippen LogP contribution is 2.09. The number of nitrogens with two attached hydrogens (primary N) is 1. The number of nitrogen functional groups attached to an aromatic ring is 1. The van der Waals surface area contributed by atoms with Crippen LogP contribution in [0.4, 0.5) is 11.6 Å². The van der Waals surface area contributed by atoms with Gasteiger partial charge in [-0.3, -0.25) is 10.1 Å². The smallest absolute Gasteiger partial charge is 0.258 e. The molecule has 1 aromatic carbocycles. The quantitative estimate of drug-likeness (QED) is 0.666. The van der Waals surface area contributed by atoms with Crippen molar-refractivity contribution in [3.8, 4) is 0 Å². The molecule has 0 fully saturated rings. The normalized spacial score (nSPS) is 10.1. The summed E-state index contributed by atoms with van der Waals surface area (Å²) in [5.74, 6) is 0.201. The van der Waals surface area contributed by atoms with Crippen molar-refractivity contribution in [3.05, 3.63) is 41.7 Å². The van der Waals surface area contributed by atoms with Crippen molar-refractivity contribution in [2.45, 2.75) is 6.92 Å². The lowest BCUT2D eigenvalue weighted by Crippen LogP contribution is -2.13. The molecule has 0 radical (unpaired) electrons. The summed E-state index contributed by atoms with van der Waals surface area (Å²) in [6, 6.07) is 6.78. The van der Waals surface area contributed by atoms with Gasteiger partial charge in [-0.25, -0.2) is 4.98 Å². The second-order valence-electron chi connectivity index (χ2n) is 3.49. The Bertz CT molecular complexity index is 518. The Morgan fingerprint density at radius 3 is 2.94 bits per heavy atom. The van der Waals surface area contributed by atoms with Crippen LogP contribution in [0.15, 0.2) is 30.5 Å². The van der Waals surface area contributed by atoms with Crippen molar-refractivity contribution in [1.82, 2.24) is 9.97 Å². The van der Waals surface area contributed by atoms with Gasteiger partial charge in [0.1, 0.15) is 0 Å². The number of aryl methyl sites for hydroxylation is 1. The average molecular weight is 216 g/mol. The van der Waals surface area contributed by atoms with E-state index in [1.165, 1.54) is 0 Å². The fourth-order valence-electron chi connectivity index (χ4n) is 1.34. The van der Waals surface area contributed by atoms with Crippen molar-refractivity contribution >= 4 is 17.5 Å². The van der Waals surface area contributed by atoms with Crippen LogP contribution in [-0.4, -0.2) is 15.9 Å². The molecule has 5 heteroatoms. The molecule has 2 aromatic rings. The molecule has 5 nitrogen and oxygen atoms in total.